The van der Waals surface area contributed by atoms with E-state index in [-0.39, 0.29) is 18.7 Å². The summed E-state index contributed by atoms with van der Waals surface area (Å²) in [4.78, 5) is 14.1. The molecular weight excluding hydrogens is 637 g/mol. The summed E-state index contributed by atoms with van der Waals surface area (Å²) in [6, 6.07) is 18.6. The quantitative estimate of drug-likeness (QED) is 0.163. The molecule has 1 aliphatic heterocycles. The van der Waals surface area contributed by atoms with E-state index >= 15 is 0 Å². The van der Waals surface area contributed by atoms with Crippen LogP contribution in [0.4, 0.5) is 18.9 Å². The Morgan fingerprint density at radius 1 is 1.02 bits per heavy atom. The Morgan fingerprint density at radius 3 is 2.38 bits per heavy atom. The topological polar surface area (TPSA) is 79.6 Å². The molecule has 6 rings (SSSR count). The second-order valence-corrected chi connectivity index (χ2v) is 16.9. The lowest BCUT2D eigenvalue weighted by Gasteiger charge is -2.29. The normalized spacial score (nSPS) is 19.1. The van der Waals surface area contributed by atoms with Crippen LogP contribution < -0.4 is 4.31 Å². The molecule has 6 nitrogen and oxygen atoms in total. The number of halogens is 3. The van der Waals surface area contributed by atoms with Crippen molar-refractivity contribution in [1.29, 1.82) is 0 Å². The first-order valence-corrected chi connectivity index (χ1v) is 18.1. The number of nitrogens with zero attached hydrogens (tertiary/aromatic N) is 2. The predicted molar refractivity (Wildman–Crippen MR) is 183 cm³/mol. The molecule has 0 unspecified atom stereocenters. The van der Waals surface area contributed by atoms with E-state index in [4.69, 9.17) is 0 Å². The molecule has 10 heteroatoms. The molecule has 2 aliphatic rings. The van der Waals surface area contributed by atoms with Crippen molar-refractivity contribution in [3.8, 4) is 0 Å². The number of anilines is 1. The lowest BCUT2D eigenvalue weighted by molar-refractivity contribution is -0.137. The second-order valence-electron chi connectivity index (χ2n) is 14.3. The molecule has 0 bridgehead atoms. The number of Topliss-reactive ketones (excluding diaryl/α,β-unsaturated/α-hetero) is 1. The summed E-state index contributed by atoms with van der Waals surface area (Å²) in [6.07, 6.45) is 0.208. The molecule has 0 radical (unpaired) electrons. The Hall–Kier alpha value is -3.63. The summed E-state index contributed by atoms with van der Waals surface area (Å²) in [5.41, 5.74) is 3.17. The summed E-state index contributed by atoms with van der Waals surface area (Å²) in [7, 11) is -2.21. The van der Waals surface area contributed by atoms with Crippen LogP contribution in [0.1, 0.15) is 85.5 Å². The number of hydrogen-bond acceptors (Lipinski definition) is 4. The van der Waals surface area contributed by atoms with Crippen molar-refractivity contribution >= 4 is 32.4 Å². The number of aliphatic hydroxyl groups excluding tert-OH is 1. The van der Waals surface area contributed by atoms with Crippen molar-refractivity contribution in [3.63, 3.8) is 0 Å². The van der Waals surface area contributed by atoms with Gasteiger partial charge in [0.05, 0.1) is 22.9 Å². The number of benzene rings is 3. The molecule has 2 atom stereocenters. The van der Waals surface area contributed by atoms with Crippen molar-refractivity contribution < 1.29 is 31.5 Å². The van der Waals surface area contributed by atoms with Gasteiger partial charge in [0.15, 0.2) is 5.78 Å². The first kappa shape index (κ1) is 34.2. The van der Waals surface area contributed by atoms with Gasteiger partial charge >= 0.3 is 6.18 Å². The van der Waals surface area contributed by atoms with Gasteiger partial charge in [0.2, 0.25) is 10.0 Å². The Labute approximate surface area is 280 Å². The van der Waals surface area contributed by atoms with Crippen molar-refractivity contribution in [2.75, 3.05) is 11.4 Å². The Morgan fingerprint density at radius 2 is 1.73 bits per heavy atom. The number of rotatable bonds is 11. The summed E-state index contributed by atoms with van der Waals surface area (Å²) in [6.45, 7) is 5.73. The van der Waals surface area contributed by atoms with E-state index in [1.54, 1.807) is 26.0 Å². The number of aliphatic hydroxyl groups is 1. The highest BCUT2D eigenvalue weighted by Crippen LogP contribution is 2.53. The molecule has 0 saturated heterocycles. The average Bonchev–Trinajstić information content (AvgIpc) is 3.78. The van der Waals surface area contributed by atoms with Gasteiger partial charge in [-0.3, -0.25) is 9.10 Å². The lowest BCUT2D eigenvalue weighted by Crippen LogP contribution is -2.44. The van der Waals surface area contributed by atoms with E-state index in [0.29, 0.717) is 42.5 Å². The number of carbonyl (C=O) groups excluding carboxylic acids is 1. The Balaban J connectivity index is 1.29. The minimum absolute atomic E-state index is 0.0295. The van der Waals surface area contributed by atoms with E-state index in [1.807, 2.05) is 54.1 Å². The molecule has 0 amide bonds. The third-order valence-corrected chi connectivity index (χ3v) is 13.0. The van der Waals surface area contributed by atoms with Gasteiger partial charge in [-0.15, -0.1) is 0 Å². The molecule has 0 spiro atoms. The van der Waals surface area contributed by atoms with Crippen LogP contribution in [0.15, 0.2) is 72.9 Å². The SMILES string of the molecule is CCc1cn2c3c(cc(C(=O)C[C@@H](Cc4ccccc4)[C@H](O)CCC4(c5cccc(C(F)(F)F)c5)CC4)cc13)N(C)S(=O)(=O)C(C)(C)C2. The van der Waals surface area contributed by atoms with Crippen molar-refractivity contribution in [3.05, 3.63) is 101 Å². The minimum atomic E-state index is -4.43. The molecule has 48 heavy (non-hydrogen) atoms. The van der Waals surface area contributed by atoms with Gasteiger partial charge in [0.1, 0.15) is 4.75 Å². The van der Waals surface area contributed by atoms with Gasteiger partial charge in [0.25, 0.3) is 0 Å². The maximum Gasteiger partial charge on any atom is 0.416 e. The highest BCUT2D eigenvalue weighted by Gasteiger charge is 2.46. The fourth-order valence-electron chi connectivity index (χ4n) is 7.42. The van der Waals surface area contributed by atoms with Crippen molar-refractivity contribution in [1.82, 2.24) is 4.57 Å². The maximum atomic E-state index is 14.1. The third-order valence-electron chi connectivity index (χ3n) is 10.6. The maximum absolute atomic E-state index is 14.1. The van der Waals surface area contributed by atoms with Gasteiger partial charge in [0, 0.05) is 37.2 Å². The molecule has 1 fully saturated rings. The molecule has 2 heterocycles. The number of hydrogen-bond donors (Lipinski definition) is 1. The van der Waals surface area contributed by atoms with Gasteiger partial charge < -0.3 is 9.67 Å². The number of aromatic nitrogens is 1. The Kier molecular flexibility index (Phi) is 8.82. The highest BCUT2D eigenvalue weighted by atomic mass is 32.2. The number of aryl methyl sites for hydroxylation is 1. The van der Waals surface area contributed by atoms with Crippen LogP contribution >= 0.6 is 0 Å². The summed E-state index contributed by atoms with van der Waals surface area (Å²) in [5, 5.41) is 12.5. The number of alkyl halides is 3. The molecule has 1 aliphatic carbocycles. The number of ketones is 1. The van der Waals surface area contributed by atoms with Crippen LogP contribution in [-0.2, 0) is 41.0 Å². The molecule has 1 aromatic heterocycles. The van der Waals surface area contributed by atoms with E-state index in [1.165, 1.54) is 23.5 Å². The lowest BCUT2D eigenvalue weighted by atomic mass is 9.82. The monoisotopic (exact) mass is 680 g/mol. The largest absolute Gasteiger partial charge is 0.416 e. The number of carbonyl (C=O) groups is 1. The van der Waals surface area contributed by atoms with Gasteiger partial charge in [-0.05, 0) is 98.6 Å². The zero-order valence-corrected chi connectivity index (χ0v) is 28.7. The van der Waals surface area contributed by atoms with Crippen LogP contribution in [-0.4, -0.2) is 41.8 Å². The molecule has 4 aromatic rings. The standard InChI is InChI=1S/C38H43F3N2O4S/c1-5-26-23-43-24-36(2,3)48(46,47)42(4)32-20-28(19-31(26)35(32)43)34(45)21-27(18-25-10-7-6-8-11-25)33(44)14-15-37(16-17-37)29-12-9-13-30(22-29)38(39,40)41/h6-13,19-20,22-23,27,33,44H,5,14-18,21,24H2,1-4H3/t27-,33-/m1/s1. The Bertz CT molecular complexity index is 1950. The van der Waals surface area contributed by atoms with Gasteiger partial charge in [-0.25, -0.2) is 8.42 Å². The second kappa shape index (κ2) is 12.4. The van der Waals surface area contributed by atoms with Crippen LogP contribution in [0.2, 0.25) is 0 Å². The fraction of sp³-hybridized carbons (Fsp3) is 0.447. The van der Waals surface area contributed by atoms with E-state index in [2.05, 4.69) is 0 Å². The van der Waals surface area contributed by atoms with Crippen LogP contribution in [0.3, 0.4) is 0 Å². The predicted octanol–water partition coefficient (Wildman–Crippen LogP) is 8.09. The van der Waals surface area contributed by atoms with Crippen LogP contribution in [0.5, 0.6) is 0 Å². The van der Waals surface area contributed by atoms with Gasteiger partial charge in [-0.1, -0.05) is 55.5 Å². The zero-order chi connectivity index (χ0) is 34.6. The third kappa shape index (κ3) is 6.29. The minimum Gasteiger partial charge on any atom is -0.393 e. The highest BCUT2D eigenvalue weighted by molar-refractivity contribution is 7.94. The molecule has 256 valence electrons. The smallest absolute Gasteiger partial charge is 0.393 e. The summed E-state index contributed by atoms with van der Waals surface area (Å²) >= 11 is 0. The average molecular weight is 681 g/mol. The van der Waals surface area contributed by atoms with Crippen molar-refractivity contribution in [2.45, 2.75) is 94.7 Å². The molecule has 1 N–H and O–H groups in total. The molecule has 3 aromatic carbocycles. The molecule has 1 saturated carbocycles. The molecular formula is C38H43F3N2O4S. The van der Waals surface area contributed by atoms with E-state index < -0.39 is 43.9 Å². The first-order chi connectivity index (χ1) is 22.6. The zero-order valence-electron chi connectivity index (χ0n) is 27.8. The van der Waals surface area contributed by atoms with E-state index in [0.717, 1.165) is 40.9 Å². The van der Waals surface area contributed by atoms with E-state index in [9.17, 15) is 31.5 Å². The number of sulfonamides is 1. The summed E-state index contributed by atoms with van der Waals surface area (Å²) < 4.78 is 69.8. The summed E-state index contributed by atoms with van der Waals surface area (Å²) in [5.74, 6) is -0.654. The van der Waals surface area contributed by atoms with Crippen LogP contribution in [0.25, 0.3) is 10.9 Å². The fourth-order valence-corrected chi connectivity index (χ4v) is 8.87. The van der Waals surface area contributed by atoms with Crippen LogP contribution in [0, 0.1) is 5.92 Å². The van der Waals surface area contributed by atoms with Gasteiger partial charge in [-0.2, -0.15) is 13.2 Å². The first-order valence-electron chi connectivity index (χ1n) is 16.6. The van der Waals surface area contributed by atoms with Crippen molar-refractivity contribution in [2.24, 2.45) is 5.92 Å².